The van der Waals surface area contributed by atoms with E-state index in [-0.39, 0.29) is 0 Å². The second kappa shape index (κ2) is 2.69. The normalized spacial score (nSPS) is 10.9. The van der Waals surface area contributed by atoms with E-state index in [9.17, 15) is 9.59 Å². The number of H-pyrrole nitrogens is 1. The molecule has 2 aromatic heterocycles. The Labute approximate surface area is 85.7 Å². The molecule has 0 fully saturated rings. The minimum absolute atomic E-state index is 0.386. The number of fused-ring (bicyclic) bond motifs is 1. The van der Waals surface area contributed by atoms with Crippen LogP contribution < -0.4 is 11.2 Å². The maximum Gasteiger partial charge on any atom is 0.339 e. The molecule has 1 N–H and O–H groups in total. The van der Waals surface area contributed by atoms with Crippen molar-refractivity contribution < 1.29 is 0 Å². The Morgan fingerprint density at radius 2 is 2.23 bits per heavy atom. The summed E-state index contributed by atoms with van der Waals surface area (Å²) < 4.78 is 2.84. The highest BCUT2D eigenvalue weighted by molar-refractivity contribution is 14.1. The second-order valence-corrected chi connectivity index (χ2v) is 3.53. The van der Waals surface area contributed by atoms with E-state index in [1.807, 2.05) is 0 Å². The Morgan fingerprint density at radius 1 is 1.54 bits per heavy atom. The van der Waals surface area contributed by atoms with Crippen LogP contribution in [0.3, 0.4) is 0 Å². The molecule has 6 nitrogen and oxygen atoms in total. The Balaban J connectivity index is 3.18. The van der Waals surface area contributed by atoms with Gasteiger partial charge < -0.3 is 4.57 Å². The van der Waals surface area contributed by atoms with E-state index < -0.39 is 11.2 Å². The lowest BCUT2D eigenvalue weighted by Gasteiger charge is -1.95. The number of aromatic nitrogens is 4. The Morgan fingerprint density at radius 3 is 2.92 bits per heavy atom. The highest BCUT2D eigenvalue weighted by atomic mass is 127. The number of imidazole rings is 1. The number of hydrogen-bond donors (Lipinski definition) is 1. The molecule has 0 spiro atoms. The molecule has 2 aromatic rings. The highest BCUT2D eigenvalue weighted by Gasteiger charge is 2.09. The Kier molecular flexibility index (Phi) is 1.75. The zero-order valence-corrected chi connectivity index (χ0v) is 8.77. The molecule has 0 aliphatic carbocycles. The number of halogens is 1. The Bertz CT molecular complexity index is 578. The first-order valence-corrected chi connectivity index (χ1v) is 4.40. The van der Waals surface area contributed by atoms with E-state index in [2.05, 4.69) is 9.97 Å². The third-order valence-corrected chi connectivity index (χ3v) is 2.61. The van der Waals surface area contributed by atoms with Crippen LogP contribution in [0.5, 0.6) is 0 Å². The topological polar surface area (TPSA) is 72.7 Å². The van der Waals surface area contributed by atoms with E-state index in [0.717, 1.165) is 0 Å². The number of aryl methyl sites for hydroxylation is 1. The molecule has 0 bridgehead atoms. The lowest BCUT2D eigenvalue weighted by molar-refractivity contribution is 0.934. The second-order valence-electron chi connectivity index (χ2n) is 2.57. The fraction of sp³-hybridized carbons (Fsp3) is 0.167. The van der Waals surface area contributed by atoms with Crippen LogP contribution in [0.2, 0.25) is 0 Å². The lowest BCUT2D eigenvalue weighted by atomic mass is 10.5. The van der Waals surface area contributed by atoms with Crippen molar-refractivity contribution in [1.29, 1.82) is 0 Å². The summed E-state index contributed by atoms with van der Waals surface area (Å²) in [5, 5.41) is 0. The van der Waals surface area contributed by atoms with Gasteiger partial charge in [-0.05, 0) is 0 Å². The van der Waals surface area contributed by atoms with Gasteiger partial charge in [-0.3, -0.25) is 9.78 Å². The third-order valence-electron chi connectivity index (χ3n) is 1.72. The maximum absolute atomic E-state index is 11.3. The average Bonchev–Trinajstić information content (AvgIpc) is 2.44. The molecule has 7 heteroatoms. The Hall–Kier alpha value is -1.12. The molecule has 0 saturated heterocycles. The molecule has 0 amide bonds. The van der Waals surface area contributed by atoms with Gasteiger partial charge in [0.15, 0.2) is 11.2 Å². The van der Waals surface area contributed by atoms with E-state index in [1.54, 1.807) is 34.5 Å². The number of hydrogen-bond acceptors (Lipinski definition) is 3. The van der Waals surface area contributed by atoms with Crippen LogP contribution in [0, 0.1) is 0 Å². The molecular formula is C6H5IN4O2. The van der Waals surface area contributed by atoms with Crippen molar-refractivity contribution in [2.45, 2.75) is 0 Å². The predicted octanol–water partition coefficient (Wildman–Crippen LogP) is -0.379. The number of nitrogens with zero attached hydrogens (tertiary/aromatic N) is 3. The van der Waals surface area contributed by atoms with Gasteiger partial charge in [0.2, 0.25) is 0 Å². The van der Waals surface area contributed by atoms with Gasteiger partial charge in [0.25, 0.3) is 5.56 Å². The molecule has 0 aromatic carbocycles. The van der Waals surface area contributed by atoms with Crippen molar-refractivity contribution in [3.8, 4) is 0 Å². The van der Waals surface area contributed by atoms with E-state index in [0.29, 0.717) is 11.2 Å². The van der Waals surface area contributed by atoms with E-state index >= 15 is 0 Å². The maximum atomic E-state index is 11.3. The number of nitrogens with one attached hydrogen (secondary N) is 1. The lowest BCUT2D eigenvalue weighted by Crippen LogP contribution is -2.26. The molecular weight excluding hydrogens is 287 g/mol. The monoisotopic (exact) mass is 292 g/mol. The van der Waals surface area contributed by atoms with Crippen molar-refractivity contribution in [1.82, 2.24) is 17.3 Å². The first-order valence-electron chi connectivity index (χ1n) is 3.44. The number of rotatable bonds is 0. The van der Waals surface area contributed by atoms with Crippen LogP contribution in [0.15, 0.2) is 15.9 Å². The fourth-order valence-corrected chi connectivity index (χ4v) is 1.60. The smallest absolute Gasteiger partial charge is 0.328 e. The predicted molar refractivity (Wildman–Crippen MR) is 55.0 cm³/mol. The van der Waals surface area contributed by atoms with Gasteiger partial charge in [0, 0.05) is 7.05 Å². The zero-order chi connectivity index (χ0) is 9.59. The van der Waals surface area contributed by atoms with Crippen LogP contribution in [0.25, 0.3) is 11.2 Å². The summed E-state index contributed by atoms with van der Waals surface area (Å²) in [6.45, 7) is 0. The summed E-state index contributed by atoms with van der Waals surface area (Å²) in [4.78, 5) is 28.5. The van der Waals surface area contributed by atoms with Crippen LogP contribution in [-0.2, 0) is 7.05 Å². The summed E-state index contributed by atoms with van der Waals surface area (Å²) >= 11 is 1.79. The van der Waals surface area contributed by atoms with Crippen LogP contribution in [0.4, 0.5) is 0 Å². The van der Waals surface area contributed by atoms with Gasteiger partial charge in [0.05, 0.1) is 29.2 Å². The highest BCUT2D eigenvalue weighted by Crippen LogP contribution is 2.05. The standard InChI is InChI=1S/C6H5IN4O2/c1-10-2-8-4-3(10)5(12)9-6(13)11(4)7/h2H,1H3,(H,9,12,13). The summed E-state index contributed by atoms with van der Waals surface area (Å²) in [6, 6.07) is 0. The van der Waals surface area contributed by atoms with Crippen molar-refractivity contribution >= 4 is 34.0 Å². The first-order chi connectivity index (χ1) is 6.11. The SMILES string of the molecule is Cn1cnc2c1c(=O)[nH]c(=O)n2I. The van der Waals surface area contributed by atoms with Gasteiger partial charge >= 0.3 is 5.69 Å². The number of aromatic amines is 1. The molecule has 68 valence electrons. The van der Waals surface area contributed by atoms with Gasteiger partial charge in [-0.2, -0.15) is 0 Å². The fourth-order valence-electron chi connectivity index (χ4n) is 1.12. The molecule has 2 rings (SSSR count). The van der Waals surface area contributed by atoms with Crippen molar-refractivity contribution in [3.63, 3.8) is 0 Å². The molecule has 0 saturated carbocycles. The zero-order valence-electron chi connectivity index (χ0n) is 6.61. The quantitative estimate of drug-likeness (QED) is 0.673. The molecule has 0 radical (unpaired) electrons. The summed E-state index contributed by atoms with van der Waals surface area (Å²) in [5.74, 6) is 0. The molecule has 0 aliphatic rings. The average molecular weight is 292 g/mol. The van der Waals surface area contributed by atoms with Crippen LogP contribution in [0.1, 0.15) is 0 Å². The van der Waals surface area contributed by atoms with Gasteiger partial charge in [0.1, 0.15) is 0 Å². The first kappa shape index (κ1) is 8.48. The van der Waals surface area contributed by atoms with Crippen LogP contribution >= 0.6 is 22.9 Å². The molecule has 0 unspecified atom stereocenters. The third kappa shape index (κ3) is 1.10. The molecule has 0 aliphatic heterocycles. The largest absolute Gasteiger partial charge is 0.339 e. The van der Waals surface area contributed by atoms with Crippen molar-refractivity contribution in [3.05, 3.63) is 27.2 Å². The van der Waals surface area contributed by atoms with Crippen molar-refractivity contribution in [2.24, 2.45) is 7.05 Å². The van der Waals surface area contributed by atoms with Gasteiger partial charge in [-0.15, -0.1) is 0 Å². The van der Waals surface area contributed by atoms with Crippen LogP contribution in [-0.4, -0.2) is 17.3 Å². The molecule has 0 atom stereocenters. The van der Waals surface area contributed by atoms with Gasteiger partial charge in [-0.25, -0.2) is 12.6 Å². The molecule has 13 heavy (non-hydrogen) atoms. The molecule has 2 heterocycles. The van der Waals surface area contributed by atoms with E-state index in [1.165, 1.54) is 9.11 Å². The van der Waals surface area contributed by atoms with Gasteiger partial charge in [-0.1, -0.05) is 0 Å². The minimum Gasteiger partial charge on any atom is -0.328 e. The van der Waals surface area contributed by atoms with E-state index in [4.69, 9.17) is 0 Å². The summed E-state index contributed by atoms with van der Waals surface area (Å²) in [5.41, 5.74) is -0.0874. The minimum atomic E-state index is -0.461. The van der Waals surface area contributed by atoms with Crippen molar-refractivity contribution in [2.75, 3.05) is 0 Å². The summed E-state index contributed by atoms with van der Waals surface area (Å²) in [7, 11) is 1.70. The summed E-state index contributed by atoms with van der Waals surface area (Å²) in [6.07, 6.45) is 1.49.